The van der Waals surface area contributed by atoms with E-state index in [1.54, 1.807) is 12.1 Å². The fraction of sp³-hybridized carbons (Fsp3) is 0.400. The van der Waals surface area contributed by atoms with Crippen molar-refractivity contribution in [3.05, 3.63) is 41.8 Å². The Morgan fingerprint density at radius 1 is 1.23 bits per heavy atom. The number of carbonyl (C=O) groups excluding carboxylic acids is 1. The van der Waals surface area contributed by atoms with Gasteiger partial charge in [-0.15, -0.1) is 0 Å². The van der Waals surface area contributed by atoms with Crippen LogP contribution in [0.4, 0.5) is 14.9 Å². The zero-order valence-corrected chi connectivity index (χ0v) is 18.2. The average molecular weight is 440 g/mol. The number of rotatable bonds is 9. The SMILES string of the molecule is COCCCS(=O)(=O)NC(=O)Nc1c(-c2ccnc(OC)c2)cc(F)cc1C(C)C. The zero-order valence-electron chi connectivity index (χ0n) is 17.4. The third kappa shape index (κ3) is 6.39. The van der Waals surface area contributed by atoms with Crippen molar-refractivity contribution in [1.29, 1.82) is 0 Å². The first-order valence-corrected chi connectivity index (χ1v) is 11.0. The molecule has 8 nitrogen and oxygen atoms in total. The number of sulfonamides is 1. The van der Waals surface area contributed by atoms with Gasteiger partial charge < -0.3 is 14.8 Å². The number of anilines is 1. The molecule has 10 heteroatoms. The van der Waals surface area contributed by atoms with Gasteiger partial charge in [-0.1, -0.05) is 13.8 Å². The van der Waals surface area contributed by atoms with Crippen LogP contribution in [0.25, 0.3) is 11.1 Å². The molecule has 0 aliphatic rings. The molecule has 2 aromatic rings. The average Bonchev–Trinajstić information content (AvgIpc) is 2.68. The van der Waals surface area contributed by atoms with Crippen LogP contribution in [0.15, 0.2) is 30.5 Å². The lowest BCUT2D eigenvalue weighted by Crippen LogP contribution is -2.36. The number of ether oxygens (including phenoxy) is 2. The maximum Gasteiger partial charge on any atom is 0.332 e. The maximum absolute atomic E-state index is 14.3. The van der Waals surface area contributed by atoms with Gasteiger partial charge in [0, 0.05) is 31.5 Å². The molecular weight excluding hydrogens is 413 g/mol. The summed E-state index contributed by atoms with van der Waals surface area (Å²) in [6, 6.07) is 4.90. The number of hydrogen-bond acceptors (Lipinski definition) is 6. The van der Waals surface area contributed by atoms with Gasteiger partial charge in [-0.3, -0.25) is 0 Å². The Morgan fingerprint density at radius 3 is 2.60 bits per heavy atom. The summed E-state index contributed by atoms with van der Waals surface area (Å²) in [5, 5.41) is 2.58. The van der Waals surface area contributed by atoms with Crippen LogP contribution in [0.2, 0.25) is 0 Å². The summed E-state index contributed by atoms with van der Waals surface area (Å²) >= 11 is 0. The lowest BCUT2D eigenvalue weighted by molar-refractivity contribution is 0.199. The molecule has 2 rings (SSSR count). The highest BCUT2D eigenvalue weighted by Crippen LogP contribution is 2.36. The molecule has 2 N–H and O–H groups in total. The van der Waals surface area contributed by atoms with Crippen LogP contribution in [0.3, 0.4) is 0 Å². The molecule has 0 atom stereocenters. The van der Waals surface area contributed by atoms with Crippen LogP contribution < -0.4 is 14.8 Å². The van der Waals surface area contributed by atoms with Crippen LogP contribution >= 0.6 is 0 Å². The first kappa shape index (κ1) is 23.6. The van der Waals surface area contributed by atoms with Crippen LogP contribution in [-0.4, -0.2) is 46.0 Å². The van der Waals surface area contributed by atoms with E-state index in [0.717, 1.165) is 0 Å². The molecule has 1 heterocycles. The van der Waals surface area contributed by atoms with Crippen molar-refractivity contribution in [2.24, 2.45) is 0 Å². The van der Waals surface area contributed by atoms with E-state index >= 15 is 0 Å². The van der Waals surface area contributed by atoms with Gasteiger partial charge in [0.15, 0.2) is 0 Å². The van der Waals surface area contributed by atoms with Crippen molar-refractivity contribution < 1.29 is 27.1 Å². The molecule has 0 saturated carbocycles. The van der Waals surface area contributed by atoms with E-state index in [0.29, 0.717) is 28.3 Å². The molecule has 0 spiro atoms. The quantitative estimate of drug-likeness (QED) is 0.579. The minimum absolute atomic E-state index is 0.142. The molecule has 1 aromatic heterocycles. The molecule has 0 radical (unpaired) electrons. The first-order valence-electron chi connectivity index (χ1n) is 9.31. The summed E-state index contributed by atoms with van der Waals surface area (Å²) in [6.07, 6.45) is 1.74. The minimum atomic E-state index is -3.85. The summed E-state index contributed by atoms with van der Waals surface area (Å²) in [5.41, 5.74) is 1.77. The lowest BCUT2D eigenvalue weighted by Gasteiger charge is -2.19. The molecule has 1 aromatic carbocycles. The fourth-order valence-corrected chi connectivity index (χ4v) is 3.80. The number of nitrogens with one attached hydrogen (secondary N) is 2. The number of halogens is 1. The second-order valence-corrected chi connectivity index (χ2v) is 8.72. The van der Waals surface area contributed by atoms with E-state index in [1.807, 2.05) is 18.6 Å². The Morgan fingerprint density at radius 2 is 1.97 bits per heavy atom. The standard InChI is InChI=1S/C20H26FN3O5S/c1-13(2)16-11-15(21)12-17(14-6-7-22-18(10-14)29-4)19(16)23-20(25)24-30(26,27)9-5-8-28-3/h6-7,10-13H,5,8-9H2,1-4H3,(H2,23,24,25). The Kier molecular flexibility index (Phi) is 8.13. The normalized spacial score (nSPS) is 11.4. The number of carbonyl (C=O) groups is 1. The van der Waals surface area contributed by atoms with E-state index in [2.05, 4.69) is 10.3 Å². The second-order valence-electron chi connectivity index (χ2n) is 6.88. The lowest BCUT2D eigenvalue weighted by atomic mass is 9.94. The highest BCUT2D eigenvalue weighted by molar-refractivity contribution is 7.90. The van der Waals surface area contributed by atoms with Gasteiger partial charge in [-0.25, -0.2) is 27.3 Å². The molecule has 2 amide bonds. The van der Waals surface area contributed by atoms with E-state index in [9.17, 15) is 17.6 Å². The summed E-state index contributed by atoms with van der Waals surface area (Å²) in [4.78, 5) is 16.5. The number of hydrogen-bond donors (Lipinski definition) is 2. The van der Waals surface area contributed by atoms with Crippen molar-refractivity contribution in [3.8, 4) is 17.0 Å². The van der Waals surface area contributed by atoms with Gasteiger partial charge in [0.1, 0.15) is 5.82 Å². The van der Waals surface area contributed by atoms with E-state index < -0.39 is 21.9 Å². The van der Waals surface area contributed by atoms with Gasteiger partial charge in [-0.2, -0.15) is 0 Å². The number of urea groups is 1. The van der Waals surface area contributed by atoms with Gasteiger partial charge in [0.2, 0.25) is 15.9 Å². The number of amides is 2. The largest absolute Gasteiger partial charge is 0.481 e. The number of aromatic nitrogens is 1. The summed E-state index contributed by atoms with van der Waals surface area (Å²) < 4.78 is 50.5. The van der Waals surface area contributed by atoms with Gasteiger partial charge in [0.05, 0.1) is 18.6 Å². The van der Waals surface area contributed by atoms with Crippen molar-refractivity contribution in [2.75, 3.05) is 31.9 Å². The molecule has 0 unspecified atom stereocenters. The predicted molar refractivity (Wildman–Crippen MR) is 113 cm³/mol. The number of pyridine rings is 1. The maximum atomic E-state index is 14.3. The van der Waals surface area contributed by atoms with Crippen LogP contribution in [0.5, 0.6) is 5.88 Å². The number of benzene rings is 1. The second kappa shape index (κ2) is 10.4. The zero-order chi connectivity index (χ0) is 22.3. The summed E-state index contributed by atoms with van der Waals surface area (Å²) in [6.45, 7) is 3.94. The summed E-state index contributed by atoms with van der Waals surface area (Å²) in [7, 11) is -0.929. The minimum Gasteiger partial charge on any atom is -0.481 e. The first-order chi connectivity index (χ1) is 14.2. The Balaban J connectivity index is 2.41. The Hall–Kier alpha value is -2.72. The van der Waals surface area contributed by atoms with Crippen LogP contribution in [-0.2, 0) is 14.8 Å². The van der Waals surface area contributed by atoms with Crippen molar-refractivity contribution in [2.45, 2.75) is 26.2 Å². The van der Waals surface area contributed by atoms with Crippen LogP contribution in [0.1, 0.15) is 31.7 Å². The molecule has 0 fully saturated rings. The van der Waals surface area contributed by atoms with Crippen molar-refractivity contribution in [3.63, 3.8) is 0 Å². The number of nitrogens with zero attached hydrogens (tertiary/aromatic N) is 1. The molecule has 0 saturated heterocycles. The molecule has 0 aliphatic heterocycles. The van der Waals surface area contributed by atoms with Gasteiger partial charge in [0.25, 0.3) is 0 Å². The smallest absolute Gasteiger partial charge is 0.332 e. The van der Waals surface area contributed by atoms with Crippen molar-refractivity contribution in [1.82, 2.24) is 9.71 Å². The van der Waals surface area contributed by atoms with Crippen molar-refractivity contribution >= 4 is 21.7 Å². The topological polar surface area (TPSA) is 107 Å². The van der Waals surface area contributed by atoms with Gasteiger partial charge in [-0.05, 0) is 41.7 Å². The Bertz CT molecular complexity index is 996. The van der Waals surface area contributed by atoms with Gasteiger partial charge >= 0.3 is 6.03 Å². The predicted octanol–water partition coefficient (Wildman–Crippen LogP) is 3.51. The highest BCUT2D eigenvalue weighted by Gasteiger charge is 2.20. The monoisotopic (exact) mass is 439 g/mol. The molecule has 30 heavy (non-hydrogen) atoms. The molecular formula is C20H26FN3O5S. The van der Waals surface area contributed by atoms with E-state index in [-0.39, 0.29) is 24.7 Å². The Labute approximate surface area is 175 Å². The molecule has 0 bridgehead atoms. The van der Waals surface area contributed by atoms with E-state index in [4.69, 9.17) is 9.47 Å². The third-order valence-corrected chi connectivity index (χ3v) is 5.58. The highest BCUT2D eigenvalue weighted by atomic mass is 32.2. The molecule has 0 aliphatic carbocycles. The van der Waals surface area contributed by atoms with Crippen LogP contribution in [0, 0.1) is 5.82 Å². The third-order valence-electron chi connectivity index (χ3n) is 4.26. The molecule has 164 valence electrons. The number of methoxy groups -OCH3 is 2. The van der Waals surface area contributed by atoms with E-state index in [1.165, 1.54) is 32.5 Å². The summed E-state index contributed by atoms with van der Waals surface area (Å²) in [5.74, 6) is -0.568. The fourth-order valence-electron chi connectivity index (χ4n) is 2.86.